The number of thiophene rings is 1. The van der Waals surface area contributed by atoms with E-state index in [4.69, 9.17) is 10.8 Å². The maximum atomic E-state index is 9.40. The summed E-state index contributed by atoms with van der Waals surface area (Å²) < 4.78 is 0. The Labute approximate surface area is 197 Å². The monoisotopic (exact) mass is 530 g/mol. The number of pyridine rings is 1. The van der Waals surface area contributed by atoms with E-state index in [1.54, 1.807) is 36.5 Å². The first-order valence-corrected chi connectivity index (χ1v) is 12.3. The molecule has 6 heteroatoms. The van der Waals surface area contributed by atoms with Crippen LogP contribution in [0.2, 0.25) is 0 Å². The van der Waals surface area contributed by atoms with Gasteiger partial charge in [-0.2, -0.15) is 5.26 Å². The third-order valence-electron chi connectivity index (χ3n) is 3.56. The minimum atomic E-state index is -0.230. The molecule has 0 amide bonds. The average molecular weight is 530 g/mol. The Morgan fingerprint density at radius 3 is 2.37 bits per heavy atom. The summed E-state index contributed by atoms with van der Waals surface area (Å²) in [5.74, 6) is 0. The van der Waals surface area contributed by atoms with E-state index < -0.39 is 0 Å². The smallest absolute Gasteiger partial charge is 0.142 e. The van der Waals surface area contributed by atoms with Gasteiger partial charge in [0.1, 0.15) is 11.8 Å². The molecular weight excluding hydrogens is 503 g/mol. The van der Waals surface area contributed by atoms with E-state index in [1.807, 2.05) is 61.4 Å². The van der Waals surface area contributed by atoms with Gasteiger partial charge in [-0.25, -0.2) is 0 Å². The molecule has 0 aromatic carbocycles. The lowest BCUT2D eigenvalue weighted by Gasteiger charge is -2.15. The first-order valence-electron chi connectivity index (χ1n) is 9.25. The summed E-state index contributed by atoms with van der Waals surface area (Å²) in [5.41, 5.74) is 2.08. The van der Waals surface area contributed by atoms with E-state index in [0.29, 0.717) is 16.8 Å². The van der Waals surface area contributed by atoms with Gasteiger partial charge in [0.2, 0.25) is 0 Å². The van der Waals surface area contributed by atoms with Crippen LogP contribution in [0.3, 0.4) is 0 Å². The van der Waals surface area contributed by atoms with Crippen LogP contribution >= 0.6 is 33.9 Å². The lowest BCUT2D eigenvalue weighted by atomic mass is 9.89. The van der Waals surface area contributed by atoms with Crippen LogP contribution in [0.1, 0.15) is 31.3 Å². The molecule has 0 atom stereocenters. The summed E-state index contributed by atoms with van der Waals surface area (Å²) in [6.07, 6.45) is 8.69. The molecule has 0 radical (unpaired) electrons. The normalized spacial score (nSPS) is 11.1. The van der Waals surface area contributed by atoms with E-state index >= 15 is 0 Å². The highest BCUT2D eigenvalue weighted by molar-refractivity contribution is 14.1. The summed E-state index contributed by atoms with van der Waals surface area (Å²) in [7, 11) is 0. The molecule has 0 bridgehead atoms. The molecule has 2 aromatic heterocycles. The molecule has 2 aromatic rings. The predicted molar refractivity (Wildman–Crippen MR) is 140 cm³/mol. The number of nitrogens with zero attached hydrogens (tertiary/aromatic N) is 2. The first kappa shape index (κ1) is 27.4. The van der Waals surface area contributed by atoms with Crippen LogP contribution in [0.15, 0.2) is 83.9 Å². The molecule has 0 fully saturated rings. The molecule has 0 spiro atoms. The Balaban J connectivity index is 0.00000198. The van der Waals surface area contributed by atoms with Crippen molar-refractivity contribution in [2.75, 3.05) is 4.93 Å². The molecule has 2 heterocycles. The number of nitrogens with one attached hydrogen (secondary N) is 2. The maximum absolute atomic E-state index is 9.40. The van der Waals surface area contributed by atoms with Crippen molar-refractivity contribution >= 4 is 50.9 Å². The molecule has 0 unspecified atom stereocenters. The van der Waals surface area contributed by atoms with Gasteiger partial charge in [-0.1, -0.05) is 79.5 Å². The lowest BCUT2D eigenvalue weighted by molar-refractivity contribution is 1.27. The second-order valence-corrected chi connectivity index (χ2v) is 6.09. The number of hydrogen-bond donors (Lipinski definition) is 2. The Hall–Kier alpha value is -2.63. The number of allylic oxidation sites excluding steroid dienone is 7. The highest BCUT2D eigenvalue weighted by Crippen LogP contribution is 2.29. The largest absolute Gasteiger partial charge is 0.299 e. The highest BCUT2D eigenvalue weighted by atomic mass is 127. The fourth-order valence-electron chi connectivity index (χ4n) is 2.40. The fourth-order valence-corrected chi connectivity index (χ4v) is 3.08. The van der Waals surface area contributed by atoms with Gasteiger partial charge in [-0.05, 0) is 41.0 Å². The molecule has 4 nitrogen and oxygen atoms in total. The molecule has 0 aliphatic carbocycles. The summed E-state index contributed by atoms with van der Waals surface area (Å²) in [6, 6.07) is 10.9. The molecule has 0 aliphatic rings. The van der Waals surface area contributed by atoms with Crippen molar-refractivity contribution < 1.29 is 0 Å². The fraction of sp³-hybridized carbons (Fsp3) is 0.167. The van der Waals surface area contributed by atoms with Gasteiger partial charge < -0.3 is 0 Å². The molecule has 0 saturated heterocycles. The van der Waals surface area contributed by atoms with E-state index in [2.05, 4.69) is 34.2 Å². The first-order chi connectivity index (χ1) is 14.6. The number of rotatable bonds is 7. The summed E-state index contributed by atoms with van der Waals surface area (Å²) in [5, 5.41) is 28.2. The Morgan fingerprint density at radius 1 is 1.20 bits per heavy atom. The van der Waals surface area contributed by atoms with Gasteiger partial charge in [-0.15, -0.1) is 11.3 Å². The number of alkyl halides is 1. The van der Waals surface area contributed by atoms with Crippen molar-refractivity contribution in [3.05, 3.63) is 94.5 Å². The second-order valence-electron chi connectivity index (χ2n) is 5.14. The Kier molecular flexibility index (Phi) is 14.8. The van der Waals surface area contributed by atoms with E-state index in [-0.39, 0.29) is 11.4 Å². The van der Waals surface area contributed by atoms with Crippen molar-refractivity contribution in [2.24, 2.45) is 0 Å². The zero-order valence-corrected chi connectivity index (χ0v) is 20.7. The van der Waals surface area contributed by atoms with Crippen LogP contribution in [-0.4, -0.2) is 21.3 Å². The van der Waals surface area contributed by atoms with Gasteiger partial charge in [0.05, 0.1) is 16.3 Å². The van der Waals surface area contributed by atoms with Gasteiger partial charge in [0, 0.05) is 17.3 Å². The SMILES string of the molecule is C=C\C=C/C(=C\C)C(/C(=N)c1cccs1)=C(/C(=N)C#N)c1ccccn1.CC.CI. The number of hydrogen-bond acceptors (Lipinski definition) is 5. The van der Waals surface area contributed by atoms with Crippen LogP contribution in [0.5, 0.6) is 0 Å². The summed E-state index contributed by atoms with van der Waals surface area (Å²) >= 11 is 3.59. The van der Waals surface area contributed by atoms with Crippen molar-refractivity contribution in [3.63, 3.8) is 0 Å². The third-order valence-corrected chi connectivity index (χ3v) is 4.45. The van der Waals surface area contributed by atoms with Crippen molar-refractivity contribution in [2.45, 2.75) is 20.8 Å². The second kappa shape index (κ2) is 16.2. The van der Waals surface area contributed by atoms with Crippen molar-refractivity contribution in [3.8, 4) is 6.07 Å². The summed E-state index contributed by atoms with van der Waals surface area (Å²) in [4.78, 5) is 7.04. The minimum absolute atomic E-state index is 0.230. The van der Waals surface area contributed by atoms with E-state index in [9.17, 15) is 5.26 Å². The van der Waals surface area contributed by atoms with Crippen molar-refractivity contribution in [1.29, 1.82) is 16.1 Å². The Morgan fingerprint density at radius 2 is 1.90 bits per heavy atom. The number of nitriles is 1. The van der Waals surface area contributed by atoms with E-state index in [0.717, 1.165) is 10.5 Å². The van der Waals surface area contributed by atoms with Gasteiger partial charge in [0.25, 0.3) is 0 Å². The van der Waals surface area contributed by atoms with Crippen LogP contribution in [0, 0.1) is 22.1 Å². The van der Waals surface area contributed by atoms with Crippen LogP contribution in [-0.2, 0) is 0 Å². The predicted octanol–water partition coefficient (Wildman–Crippen LogP) is 7.27. The summed E-state index contributed by atoms with van der Waals surface area (Å²) in [6.45, 7) is 9.54. The Bertz CT molecular complexity index is 947. The van der Waals surface area contributed by atoms with Gasteiger partial charge >= 0.3 is 0 Å². The average Bonchev–Trinajstić information content (AvgIpc) is 3.36. The molecule has 2 rings (SSSR count). The number of halogens is 1. The highest BCUT2D eigenvalue weighted by Gasteiger charge is 2.22. The topological polar surface area (TPSA) is 84.4 Å². The zero-order valence-electron chi connectivity index (χ0n) is 17.7. The molecule has 0 aliphatic heterocycles. The van der Waals surface area contributed by atoms with Gasteiger partial charge in [0.15, 0.2) is 0 Å². The quantitative estimate of drug-likeness (QED) is 0.171. The van der Waals surface area contributed by atoms with Crippen LogP contribution < -0.4 is 0 Å². The molecule has 0 saturated carbocycles. The van der Waals surface area contributed by atoms with E-state index in [1.165, 1.54) is 11.3 Å². The minimum Gasteiger partial charge on any atom is -0.299 e. The number of aromatic nitrogens is 1. The standard InChI is InChI=1S/C21H18N4S.C2H6.CH3I/c1-3-5-9-15(4-2)19(21(24)18-11-8-13-26-18)20(16(23)14-22)17-10-6-7-12-25-17;2*1-2/h3-13,23-24H,1H2,2H3;1-2H3;1H3/b9-5-,15-4+,20-19+,23-16?,24-21?;;. The van der Waals surface area contributed by atoms with Crippen LogP contribution in [0.4, 0.5) is 0 Å². The molecular formula is C24H27IN4S. The van der Waals surface area contributed by atoms with Crippen molar-refractivity contribution in [1.82, 2.24) is 4.98 Å². The zero-order chi connectivity index (χ0) is 22.9. The third kappa shape index (κ3) is 7.65. The molecule has 30 heavy (non-hydrogen) atoms. The lowest BCUT2D eigenvalue weighted by Crippen LogP contribution is -2.12. The maximum Gasteiger partial charge on any atom is 0.142 e. The molecule has 156 valence electrons. The van der Waals surface area contributed by atoms with Gasteiger partial charge in [-0.3, -0.25) is 15.8 Å². The van der Waals surface area contributed by atoms with Crippen LogP contribution in [0.25, 0.3) is 5.57 Å². The molecule has 2 N–H and O–H groups in total.